The molecule has 0 spiro atoms. The van der Waals surface area contributed by atoms with Gasteiger partial charge in [-0.15, -0.1) is 0 Å². The van der Waals surface area contributed by atoms with Crippen molar-refractivity contribution in [1.82, 2.24) is 14.4 Å². The predicted molar refractivity (Wildman–Crippen MR) is 157 cm³/mol. The van der Waals surface area contributed by atoms with Crippen LogP contribution in [-0.4, -0.2) is 31.4 Å². The van der Waals surface area contributed by atoms with Gasteiger partial charge in [0.1, 0.15) is 0 Å². The number of aliphatic carboxylic acids is 1. The molecule has 0 aliphatic rings. The topological polar surface area (TPSA) is 109 Å². The van der Waals surface area contributed by atoms with Gasteiger partial charge in [-0.2, -0.15) is 0 Å². The number of hydrogen-bond acceptors (Lipinski definition) is 5. The van der Waals surface area contributed by atoms with E-state index in [1.165, 1.54) is 5.56 Å². The van der Waals surface area contributed by atoms with E-state index in [1.807, 2.05) is 78.3 Å². The number of nitrogens with zero attached hydrogens (tertiary/aromatic N) is 3. The maximum Gasteiger partial charge on any atom is 0.307 e. The minimum absolute atomic E-state index is 0.0147. The van der Waals surface area contributed by atoms with Crippen LogP contribution in [0, 0.1) is 6.92 Å². The smallest absolute Gasteiger partial charge is 0.307 e. The predicted octanol–water partition coefficient (Wildman–Crippen LogP) is 6.63. The normalized spacial score (nSPS) is 11.4. The van der Waals surface area contributed by atoms with Gasteiger partial charge < -0.3 is 20.1 Å². The number of aryl methyl sites for hydroxylation is 1. The Morgan fingerprint density at radius 3 is 2.38 bits per heavy atom. The molecule has 0 aliphatic heterocycles. The lowest BCUT2D eigenvalue weighted by Crippen LogP contribution is -2.15. The van der Waals surface area contributed by atoms with Crippen molar-refractivity contribution in [3.63, 3.8) is 0 Å². The second-order valence-corrected chi connectivity index (χ2v) is 10.8. The number of nitrogens with one attached hydrogen (secondary N) is 2. The van der Waals surface area contributed by atoms with Gasteiger partial charge in [-0.25, -0.2) is 9.97 Å². The van der Waals surface area contributed by atoms with Gasteiger partial charge in [-0.1, -0.05) is 57.2 Å². The van der Waals surface area contributed by atoms with Crippen LogP contribution in [0.25, 0.3) is 16.9 Å². The molecule has 0 bridgehead atoms. The summed E-state index contributed by atoms with van der Waals surface area (Å²) in [6.07, 6.45) is 5.41. The first kappa shape index (κ1) is 26.6. The van der Waals surface area contributed by atoms with Gasteiger partial charge in [0.05, 0.1) is 12.1 Å². The minimum atomic E-state index is -0.874. The van der Waals surface area contributed by atoms with Crippen LogP contribution in [0.15, 0.2) is 85.3 Å². The summed E-state index contributed by atoms with van der Waals surface area (Å²) in [5.41, 5.74) is 7.08. The number of rotatable bonds is 7. The van der Waals surface area contributed by atoms with Crippen molar-refractivity contribution in [1.29, 1.82) is 0 Å². The van der Waals surface area contributed by atoms with Crippen molar-refractivity contribution in [3.8, 4) is 11.3 Å². The number of amides is 1. The Morgan fingerprint density at radius 2 is 1.70 bits per heavy atom. The van der Waals surface area contributed by atoms with Gasteiger partial charge in [0.25, 0.3) is 5.91 Å². The Labute approximate surface area is 232 Å². The zero-order valence-corrected chi connectivity index (χ0v) is 22.9. The van der Waals surface area contributed by atoms with Crippen molar-refractivity contribution in [2.24, 2.45) is 0 Å². The van der Waals surface area contributed by atoms with Crippen molar-refractivity contribution >= 4 is 34.7 Å². The molecular formula is C32H31N5O3. The number of imidazole rings is 1. The fourth-order valence-corrected chi connectivity index (χ4v) is 4.40. The van der Waals surface area contributed by atoms with Crippen LogP contribution in [0.4, 0.5) is 17.2 Å². The van der Waals surface area contributed by atoms with Gasteiger partial charge in [-0.05, 0) is 59.4 Å². The average Bonchev–Trinajstić information content (AvgIpc) is 3.39. The number of carboxylic acid groups (broad SMARTS) is 1. The van der Waals surface area contributed by atoms with E-state index in [0.29, 0.717) is 34.0 Å². The zero-order valence-electron chi connectivity index (χ0n) is 22.9. The standard InChI is InChI=1S/C32H31N5O3/c1-20-5-8-23(18-26(20)36-31(40)22-9-11-24(12-10-22)32(2,3)4)27-19-37-16-15-33-30(37)29(35-27)34-25-13-6-21(7-14-25)17-28(38)39/h5-16,18-19H,17H2,1-4H3,(H,34,35)(H,36,40)(H,38,39). The number of anilines is 3. The highest BCUT2D eigenvalue weighted by atomic mass is 16.4. The van der Waals surface area contributed by atoms with Crippen molar-refractivity contribution in [2.75, 3.05) is 10.6 Å². The third kappa shape index (κ3) is 5.86. The molecule has 3 aromatic carbocycles. The quantitative estimate of drug-likeness (QED) is 0.217. The highest BCUT2D eigenvalue weighted by Gasteiger charge is 2.16. The number of carboxylic acids is 1. The first-order valence-electron chi connectivity index (χ1n) is 13.0. The summed E-state index contributed by atoms with van der Waals surface area (Å²) >= 11 is 0. The first-order valence-corrected chi connectivity index (χ1v) is 13.0. The number of aromatic nitrogens is 3. The SMILES string of the molecule is Cc1ccc(-c2cn3ccnc3c(Nc3ccc(CC(=O)O)cc3)n2)cc1NC(=O)c1ccc(C(C)(C)C)cc1. The molecule has 8 heteroatoms. The van der Waals surface area contributed by atoms with E-state index in [0.717, 1.165) is 16.8 Å². The van der Waals surface area contributed by atoms with Crippen LogP contribution >= 0.6 is 0 Å². The fraction of sp³-hybridized carbons (Fsp3) is 0.188. The summed E-state index contributed by atoms with van der Waals surface area (Å²) in [6, 6.07) is 20.7. The molecule has 1 amide bonds. The molecular weight excluding hydrogens is 502 g/mol. The summed E-state index contributed by atoms with van der Waals surface area (Å²) in [5, 5.41) is 15.4. The lowest BCUT2D eigenvalue weighted by Gasteiger charge is -2.19. The zero-order chi connectivity index (χ0) is 28.4. The molecule has 0 saturated carbocycles. The molecule has 0 unspecified atom stereocenters. The third-order valence-corrected chi connectivity index (χ3v) is 6.74. The molecule has 0 fully saturated rings. The van der Waals surface area contributed by atoms with Crippen molar-refractivity contribution in [3.05, 3.63) is 108 Å². The van der Waals surface area contributed by atoms with Crippen LogP contribution in [0.3, 0.4) is 0 Å². The second-order valence-electron chi connectivity index (χ2n) is 10.8. The van der Waals surface area contributed by atoms with Crippen LogP contribution in [-0.2, 0) is 16.6 Å². The lowest BCUT2D eigenvalue weighted by molar-refractivity contribution is -0.136. The molecule has 2 heterocycles. The number of benzene rings is 3. The summed E-state index contributed by atoms with van der Waals surface area (Å²) in [5.74, 6) is -0.493. The molecule has 0 aliphatic carbocycles. The molecule has 5 aromatic rings. The fourth-order valence-electron chi connectivity index (χ4n) is 4.40. The van der Waals surface area contributed by atoms with Crippen LogP contribution in [0.1, 0.15) is 47.8 Å². The van der Waals surface area contributed by atoms with Gasteiger partial charge >= 0.3 is 5.97 Å². The minimum Gasteiger partial charge on any atom is -0.481 e. The molecule has 0 saturated heterocycles. The van der Waals surface area contributed by atoms with Gasteiger partial charge in [0, 0.05) is 41.1 Å². The molecule has 0 radical (unpaired) electrons. The third-order valence-electron chi connectivity index (χ3n) is 6.74. The molecule has 5 rings (SSSR count). The second kappa shape index (κ2) is 10.6. The Balaban J connectivity index is 1.42. The molecule has 202 valence electrons. The number of hydrogen-bond donors (Lipinski definition) is 3. The van der Waals surface area contributed by atoms with E-state index < -0.39 is 5.97 Å². The average molecular weight is 534 g/mol. The molecule has 8 nitrogen and oxygen atoms in total. The van der Waals surface area contributed by atoms with E-state index in [9.17, 15) is 9.59 Å². The molecule has 2 aromatic heterocycles. The molecule has 0 atom stereocenters. The maximum atomic E-state index is 13.1. The van der Waals surface area contributed by atoms with Gasteiger partial charge in [0.2, 0.25) is 0 Å². The highest BCUT2D eigenvalue weighted by Crippen LogP contribution is 2.29. The number of carbonyl (C=O) groups excluding carboxylic acids is 1. The number of fused-ring (bicyclic) bond motifs is 1. The van der Waals surface area contributed by atoms with E-state index >= 15 is 0 Å². The van der Waals surface area contributed by atoms with Crippen LogP contribution in [0.2, 0.25) is 0 Å². The summed E-state index contributed by atoms with van der Waals surface area (Å²) in [7, 11) is 0. The highest BCUT2D eigenvalue weighted by molar-refractivity contribution is 6.05. The molecule has 3 N–H and O–H groups in total. The van der Waals surface area contributed by atoms with Crippen LogP contribution < -0.4 is 10.6 Å². The summed E-state index contributed by atoms with van der Waals surface area (Å²) in [6.45, 7) is 8.39. The maximum absolute atomic E-state index is 13.1. The van der Waals surface area contributed by atoms with E-state index in [-0.39, 0.29) is 17.7 Å². The van der Waals surface area contributed by atoms with E-state index in [1.54, 1.807) is 18.3 Å². The Kier molecular flexibility index (Phi) is 7.09. The lowest BCUT2D eigenvalue weighted by atomic mass is 9.86. The van der Waals surface area contributed by atoms with Gasteiger partial charge in [0.15, 0.2) is 11.5 Å². The van der Waals surface area contributed by atoms with Gasteiger partial charge in [-0.3, -0.25) is 9.59 Å². The van der Waals surface area contributed by atoms with Crippen molar-refractivity contribution < 1.29 is 14.7 Å². The Hall–Kier alpha value is -4.98. The van der Waals surface area contributed by atoms with E-state index in [4.69, 9.17) is 10.1 Å². The summed E-state index contributed by atoms with van der Waals surface area (Å²) < 4.78 is 1.89. The summed E-state index contributed by atoms with van der Waals surface area (Å²) in [4.78, 5) is 33.4. The molecule has 40 heavy (non-hydrogen) atoms. The Bertz CT molecular complexity index is 1700. The van der Waals surface area contributed by atoms with E-state index in [2.05, 4.69) is 36.4 Å². The first-order chi connectivity index (χ1) is 19.1. The largest absolute Gasteiger partial charge is 0.481 e. The Morgan fingerprint density at radius 1 is 0.975 bits per heavy atom. The van der Waals surface area contributed by atoms with Crippen LogP contribution in [0.5, 0.6) is 0 Å². The monoisotopic (exact) mass is 533 g/mol. The van der Waals surface area contributed by atoms with Crippen molar-refractivity contribution in [2.45, 2.75) is 39.5 Å². The number of carbonyl (C=O) groups is 2.